The molecule has 5 aliphatic rings. The third kappa shape index (κ3) is 3.86. The van der Waals surface area contributed by atoms with Gasteiger partial charge in [-0.05, 0) is 67.1 Å². The minimum Gasteiger partial charge on any atom is -0.340 e. The van der Waals surface area contributed by atoms with Crippen LogP contribution in [0.25, 0.3) is 0 Å². The quantitative estimate of drug-likeness (QED) is 0.384. The average Bonchev–Trinajstić information content (AvgIpc) is 3.75. The minimum absolute atomic E-state index is 0.00414. The van der Waals surface area contributed by atoms with Crippen LogP contribution in [0.3, 0.4) is 0 Å². The summed E-state index contributed by atoms with van der Waals surface area (Å²) in [6.45, 7) is 14.7. The highest BCUT2D eigenvalue weighted by Crippen LogP contribution is 2.88. The molecule has 10 heteroatoms. The number of nitrogens with two attached hydrogens (primary N) is 1. The van der Waals surface area contributed by atoms with E-state index in [1.807, 2.05) is 34.6 Å². The molecule has 4 N–H and O–H groups in total. The fourth-order valence-electron chi connectivity index (χ4n) is 8.80. The summed E-state index contributed by atoms with van der Waals surface area (Å²) in [6.07, 6.45) is 7.26. The maximum atomic E-state index is 14.1. The molecule has 0 aromatic rings. The van der Waals surface area contributed by atoms with E-state index in [0.29, 0.717) is 45.1 Å². The van der Waals surface area contributed by atoms with Gasteiger partial charge in [0.1, 0.15) is 11.6 Å². The van der Waals surface area contributed by atoms with Crippen molar-refractivity contribution < 1.29 is 22.8 Å². The number of fused-ring (bicyclic) bond motifs is 1. The van der Waals surface area contributed by atoms with Crippen LogP contribution in [-0.2, 0) is 24.4 Å². The molecule has 0 aromatic carbocycles. The van der Waals surface area contributed by atoms with Crippen molar-refractivity contribution in [3.05, 3.63) is 0 Å². The van der Waals surface area contributed by atoms with E-state index in [-0.39, 0.29) is 34.0 Å². The van der Waals surface area contributed by atoms with Gasteiger partial charge >= 0.3 is 0 Å². The number of amides is 3. The molecular weight excluding hydrogens is 528 g/mol. The van der Waals surface area contributed by atoms with Gasteiger partial charge in [-0.1, -0.05) is 67.7 Å². The fraction of sp³-hybridized carbons (Fsp3) is 0.900. The molecule has 226 valence electrons. The van der Waals surface area contributed by atoms with Crippen LogP contribution >= 0.6 is 0 Å². The molecule has 5 rings (SSSR count). The van der Waals surface area contributed by atoms with Crippen molar-refractivity contribution in [1.29, 1.82) is 0 Å². The van der Waals surface area contributed by atoms with Gasteiger partial charge in [0.2, 0.25) is 21.8 Å². The topological polar surface area (TPSA) is 139 Å². The Hall–Kier alpha value is -1.68. The van der Waals surface area contributed by atoms with Gasteiger partial charge in [-0.2, -0.15) is 0 Å². The van der Waals surface area contributed by atoms with Crippen LogP contribution in [0.4, 0.5) is 0 Å². The maximum absolute atomic E-state index is 14.1. The lowest BCUT2D eigenvalue weighted by Crippen LogP contribution is -2.59. The zero-order valence-electron chi connectivity index (χ0n) is 25.5. The van der Waals surface area contributed by atoms with Crippen molar-refractivity contribution >= 4 is 27.7 Å². The van der Waals surface area contributed by atoms with Crippen LogP contribution in [0.2, 0.25) is 0 Å². The highest BCUT2D eigenvalue weighted by molar-refractivity contribution is 7.91. The molecule has 0 aromatic heterocycles. The number of likely N-dealkylation sites (tertiary alicyclic amines) is 1. The normalized spacial score (nSPS) is 35.1. The minimum atomic E-state index is -3.86. The van der Waals surface area contributed by atoms with E-state index in [4.69, 9.17) is 5.73 Å². The predicted molar refractivity (Wildman–Crippen MR) is 153 cm³/mol. The Morgan fingerprint density at radius 1 is 1.02 bits per heavy atom. The SMILES string of the molecule is CCCC1(S(=O)(=O)NC(=O)[C@@]2(NC(=O)[C@@H]3C[C@@]4(CN3C(=O)[C@@H](N)C(C)(C)C)C(C)(C)C43CCC3)C[C@@H]2CC)CC1. The van der Waals surface area contributed by atoms with Crippen molar-refractivity contribution in [1.82, 2.24) is 14.9 Å². The van der Waals surface area contributed by atoms with Gasteiger partial charge in [-0.3, -0.25) is 19.1 Å². The Morgan fingerprint density at radius 3 is 2.08 bits per heavy atom. The van der Waals surface area contributed by atoms with Gasteiger partial charge in [-0.15, -0.1) is 0 Å². The van der Waals surface area contributed by atoms with Crippen molar-refractivity contribution in [3.8, 4) is 0 Å². The summed E-state index contributed by atoms with van der Waals surface area (Å²) >= 11 is 0. The van der Waals surface area contributed by atoms with Gasteiger partial charge in [-0.25, -0.2) is 8.42 Å². The monoisotopic (exact) mass is 578 g/mol. The first kappa shape index (κ1) is 29.8. The van der Waals surface area contributed by atoms with Crippen LogP contribution in [-0.4, -0.2) is 60.0 Å². The van der Waals surface area contributed by atoms with Crippen molar-refractivity contribution in [3.63, 3.8) is 0 Å². The predicted octanol–water partition coefficient (Wildman–Crippen LogP) is 3.22. The Kier molecular flexibility index (Phi) is 6.64. The van der Waals surface area contributed by atoms with Gasteiger partial charge in [0.05, 0.1) is 10.8 Å². The van der Waals surface area contributed by atoms with E-state index in [9.17, 15) is 22.8 Å². The fourth-order valence-corrected chi connectivity index (χ4v) is 10.6. The highest BCUT2D eigenvalue weighted by atomic mass is 32.2. The number of hydrogen-bond donors (Lipinski definition) is 3. The van der Waals surface area contributed by atoms with Crippen molar-refractivity contribution in [2.24, 2.45) is 33.3 Å². The van der Waals surface area contributed by atoms with Crippen LogP contribution in [0.15, 0.2) is 0 Å². The molecule has 3 amide bonds. The summed E-state index contributed by atoms with van der Waals surface area (Å²) in [5.41, 5.74) is 4.68. The van der Waals surface area contributed by atoms with E-state index in [2.05, 4.69) is 23.9 Å². The number of nitrogens with one attached hydrogen (secondary N) is 2. The highest BCUT2D eigenvalue weighted by Gasteiger charge is 2.85. The molecule has 0 bridgehead atoms. The lowest BCUT2D eigenvalue weighted by atomic mass is 9.73. The Balaban J connectivity index is 1.40. The second kappa shape index (κ2) is 8.91. The largest absolute Gasteiger partial charge is 0.340 e. The Morgan fingerprint density at radius 2 is 1.65 bits per heavy atom. The number of carbonyl (C=O) groups excluding carboxylic acids is 3. The van der Waals surface area contributed by atoms with Gasteiger partial charge in [0, 0.05) is 12.0 Å². The van der Waals surface area contributed by atoms with Gasteiger partial charge in [0.15, 0.2) is 0 Å². The number of sulfonamides is 1. The lowest BCUT2D eigenvalue weighted by molar-refractivity contribution is -0.142. The summed E-state index contributed by atoms with van der Waals surface area (Å²) < 4.78 is 27.9. The molecule has 4 saturated carbocycles. The Bertz CT molecular complexity index is 1210. The van der Waals surface area contributed by atoms with E-state index < -0.39 is 43.7 Å². The molecule has 40 heavy (non-hydrogen) atoms. The smallest absolute Gasteiger partial charge is 0.259 e. The first-order valence-corrected chi connectivity index (χ1v) is 16.8. The third-order valence-electron chi connectivity index (χ3n) is 12.3. The molecule has 5 atom stereocenters. The molecule has 1 aliphatic heterocycles. The molecular formula is C30H50N4O5S. The Labute approximate surface area is 240 Å². The average molecular weight is 579 g/mol. The van der Waals surface area contributed by atoms with Crippen LogP contribution < -0.4 is 15.8 Å². The van der Waals surface area contributed by atoms with E-state index in [1.54, 1.807) is 4.90 Å². The summed E-state index contributed by atoms with van der Waals surface area (Å²) in [5, 5.41) is 3.01. The number of nitrogens with zero attached hydrogens (tertiary/aromatic N) is 1. The lowest BCUT2D eigenvalue weighted by Gasteiger charge is -2.34. The summed E-state index contributed by atoms with van der Waals surface area (Å²) in [5.74, 6) is -1.41. The molecule has 4 aliphatic carbocycles. The van der Waals surface area contributed by atoms with Gasteiger partial charge < -0.3 is 16.0 Å². The molecule has 9 nitrogen and oxygen atoms in total. The number of rotatable bonds is 9. The molecule has 1 heterocycles. The van der Waals surface area contributed by atoms with Crippen LogP contribution in [0, 0.1) is 27.6 Å². The van der Waals surface area contributed by atoms with Crippen LogP contribution in [0.5, 0.6) is 0 Å². The zero-order chi connectivity index (χ0) is 29.7. The standard InChI is InChI=1S/C30H50N4O5S/c1-8-11-27(14-15-27)40(38,39)33-24(37)30(16-19(30)9-2)32-22(35)20-17-29(26(6,7)28(29)12-10-13-28)18-34(20)23(36)21(31)25(3,4)5/h19-21H,8-18,31H2,1-7H3,(H,32,35)(H,33,37)/t19-,20-,21+,29+,30+/m0/s1. The molecule has 0 radical (unpaired) electrons. The second-order valence-corrected chi connectivity index (χ2v) is 17.4. The van der Waals surface area contributed by atoms with Crippen molar-refractivity contribution in [2.45, 2.75) is 135 Å². The second-order valence-electron chi connectivity index (χ2n) is 15.3. The molecule has 0 unspecified atom stereocenters. The maximum Gasteiger partial charge on any atom is 0.259 e. The van der Waals surface area contributed by atoms with Crippen LogP contribution in [0.1, 0.15) is 113 Å². The van der Waals surface area contributed by atoms with E-state index >= 15 is 0 Å². The molecule has 5 fully saturated rings. The van der Waals surface area contributed by atoms with Crippen molar-refractivity contribution in [2.75, 3.05) is 6.54 Å². The van der Waals surface area contributed by atoms with Gasteiger partial charge in [0.25, 0.3) is 5.91 Å². The first-order chi connectivity index (χ1) is 18.4. The summed E-state index contributed by atoms with van der Waals surface area (Å²) in [7, 11) is -3.86. The third-order valence-corrected chi connectivity index (χ3v) is 14.5. The number of carbonyl (C=O) groups is 3. The summed E-state index contributed by atoms with van der Waals surface area (Å²) in [4.78, 5) is 43.2. The number of hydrogen-bond acceptors (Lipinski definition) is 6. The van der Waals surface area contributed by atoms with E-state index in [1.165, 1.54) is 0 Å². The first-order valence-electron chi connectivity index (χ1n) is 15.4. The molecule has 2 spiro atoms. The molecule has 1 saturated heterocycles. The summed E-state index contributed by atoms with van der Waals surface area (Å²) in [6, 6.07) is -1.51. The zero-order valence-corrected chi connectivity index (χ0v) is 26.3. The van der Waals surface area contributed by atoms with E-state index in [0.717, 1.165) is 25.7 Å².